The predicted molar refractivity (Wildman–Crippen MR) is 139 cm³/mol. The highest BCUT2D eigenvalue weighted by Crippen LogP contribution is 2.45. The lowest BCUT2D eigenvalue weighted by atomic mass is 10.1. The van der Waals surface area contributed by atoms with Crippen molar-refractivity contribution in [2.45, 2.75) is 46.1 Å². The highest BCUT2D eigenvalue weighted by atomic mass is 79.9. The fraction of sp³-hybridized carbons (Fsp3) is 0.320. The van der Waals surface area contributed by atoms with Crippen molar-refractivity contribution >= 4 is 67.3 Å². The Kier molecular flexibility index (Phi) is 7.17. The van der Waals surface area contributed by atoms with Crippen molar-refractivity contribution in [2.24, 2.45) is 0 Å². The second-order valence-corrected chi connectivity index (χ2v) is 10.7. The molecule has 2 aromatic rings. The number of hydrogen-bond donors (Lipinski definition) is 0. The number of hydrogen-bond acceptors (Lipinski definition) is 4. The Morgan fingerprint density at radius 3 is 2.44 bits per heavy atom. The van der Waals surface area contributed by atoms with E-state index in [1.807, 2.05) is 54.3 Å². The summed E-state index contributed by atoms with van der Waals surface area (Å²) in [6, 6.07) is 13.9. The van der Waals surface area contributed by atoms with E-state index in [-0.39, 0.29) is 11.8 Å². The molecule has 0 N–H and O–H groups in total. The van der Waals surface area contributed by atoms with Crippen LogP contribution in [0.2, 0.25) is 0 Å². The van der Waals surface area contributed by atoms with E-state index in [4.69, 9.17) is 12.2 Å². The van der Waals surface area contributed by atoms with E-state index >= 15 is 0 Å². The molecule has 2 aromatic carbocycles. The van der Waals surface area contributed by atoms with Gasteiger partial charge in [0, 0.05) is 16.6 Å². The van der Waals surface area contributed by atoms with Crippen LogP contribution in [0.15, 0.2) is 51.8 Å². The number of nitrogens with zero attached hydrogens (tertiary/aromatic N) is 2. The summed E-state index contributed by atoms with van der Waals surface area (Å²) in [5, 5.41) is 0. The normalized spacial score (nSPS) is 18.2. The van der Waals surface area contributed by atoms with E-state index in [1.54, 1.807) is 4.90 Å². The zero-order chi connectivity index (χ0) is 22.8. The molecule has 4 rings (SSSR count). The number of carbonyl (C=O) groups excluding carboxylic acids is 2. The molecule has 32 heavy (non-hydrogen) atoms. The van der Waals surface area contributed by atoms with Gasteiger partial charge in [-0.2, -0.15) is 0 Å². The second-order valence-electron chi connectivity index (χ2n) is 8.13. The molecule has 0 spiro atoms. The van der Waals surface area contributed by atoms with Crippen LogP contribution in [0.3, 0.4) is 0 Å². The van der Waals surface area contributed by atoms with Gasteiger partial charge >= 0.3 is 0 Å². The van der Waals surface area contributed by atoms with Crippen molar-refractivity contribution in [3.05, 3.63) is 68.5 Å². The van der Waals surface area contributed by atoms with Crippen LogP contribution in [-0.4, -0.2) is 27.6 Å². The van der Waals surface area contributed by atoms with Gasteiger partial charge in [0.15, 0.2) is 0 Å². The molecule has 4 nitrogen and oxygen atoms in total. The third-order valence-electron chi connectivity index (χ3n) is 5.75. The number of amides is 2. The zero-order valence-corrected chi connectivity index (χ0v) is 21.4. The molecule has 0 radical (unpaired) electrons. The Balaban J connectivity index is 1.66. The first kappa shape index (κ1) is 23.2. The lowest BCUT2D eigenvalue weighted by Gasteiger charge is -2.17. The Morgan fingerprint density at radius 2 is 1.72 bits per heavy atom. The largest absolute Gasteiger partial charge is 0.308 e. The summed E-state index contributed by atoms with van der Waals surface area (Å²) < 4.78 is 1.37. The molecule has 2 amide bonds. The fourth-order valence-corrected chi connectivity index (χ4v) is 5.69. The molecule has 0 aromatic heterocycles. The lowest BCUT2D eigenvalue weighted by molar-refractivity contribution is -0.122. The zero-order valence-electron chi connectivity index (χ0n) is 18.2. The fourth-order valence-electron chi connectivity index (χ4n) is 4.00. The average molecular weight is 530 g/mol. The highest BCUT2D eigenvalue weighted by molar-refractivity contribution is 9.10. The molecular weight excluding hydrogens is 504 g/mol. The van der Waals surface area contributed by atoms with Crippen LogP contribution in [0.1, 0.15) is 49.3 Å². The molecule has 2 aliphatic heterocycles. The first-order chi connectivity index (χ1) is 15.4. The molecule has 0 bridgehead atoms. The monoisotopic (exact) mass is 528 g/mol. The van der Waals surface area contributed by atoms with E-state index in [9.17, 15) is 9.59 Å². The Bertz CT molecular complexity index is 1110. The Hall–Kier alpha value is -1.96. The van der Waals surface area contributed by atoms with Crippen LogP contribution in [0.5, 0.6) is 0 Å². The lowest BCUT2D eigenvalue weighted by Crippen LogP contribution is -2.29. The van der Waals surface area contributed by atoms with E-state index < -0.39 is 0 Å². The highest BCUT2D eigenvalue weighted by Gasteiger charge is 2.41. The van der Waals surface area contributed by atoms with Crippen molar-refractivity contribution in [3.63, 3.8) is 0 Å². The molecule has 0 saturated carbocycles. The Morgan fingerprint density at radius 1 is 0.969 bits per heavy atom. The molecule has 1 saturated heterocycles. The minimum Gasteiger partial charge on any atom is -0.308 e. The minimum atomic E-state index is -0.192. The van der Waals surface area contributed by atoms with E-state index in [0.717, 1.165) is 47.0 Å². The van der Waals surface area contributed by atoms with Crippen molar-refractivity contribution < 1.29 is 9.59 Å². The van der Waals surface area contributed by atoms with Crippen molar-refractivity contribution in [3.8, 4) is 0 Å². The maximum atomic E-state index is 13.5. The maximum Gasteiger partial charge on any atom is 0.267 e. The number of anilines is 1. The van der Waals surface area contributed by atoms with Gasteiger partial charge in [-0.1, -0.05) is 95.9 Å². The molecule has 0 atom stereocenters. The summed E-state index contributed by atoms with van der Waals surface area (Å²) in [6.45, 7) is 5.26. The summed E-state index contributed by atoms with van der Waals surface area (Å²) in [7, 11) is 0. The molecule has 166 valence electrons. The van der Waals surface area contributed by atoms with Gasteiger partial charge in [-0.25, -0.2) is 0 Å². The van der Waals surface area contributed by atoms with Gasteiger partial charge in [0.1, 0.15) is 4.32 Å². The average Bonchev–Trinajstić information content (AvgIpc) is 3.19. The molecular formula is C25H25BrN2O2S2. The van der Waals surface area contributed by atoms with Gasteiger partial charge in [0.05, 0.1) is 22.7 Å². The molecule has 2 aliphatic rings. The number of benzene rings is 2. The summed E-state index contributed by atoms with van der Waals surface area (Å²) >= 11 is 10.3. The third kappa shape index (κ3) is 4.56. The van der Waals surface area contributed by atoms with E-state index in [2.05, 4.69) is 22.9 Å². The second kappa shape index (κ2) is 9.89. The minimum absolute atomic E-state index is 0.106. The molecule has 7 heteroatoms. The van der Waals surface area contributed by atoms with Crippen LogP contribution >= 0.6 is 39.9 Å². The van der Waals surface area contributed by atoms with Crippen LogP contribution < -0.4 is 4.90 Å². The number of rotatable bonds is 7. The van der Waals surface area contributed by atoms with Crippen LogP contribution in [0.4, 0.5) is 5.69 Å². The molecule has 0 unspecified atom stereocenters. The first-order valence-electron chi connectivity index (χ1n) is 10.9. The van der Waals surface area contributed by atoms with E-state index in [1.165, 1.54) is 17.3 Å². The third-order valence-corrected chi connectivity index (χ3v) is 7.69. The molecule has 1 fully saturated rings. The van der Waals surface area contributed by atoms with Gasteiger partial charge < -0.3 is 4.90 Å². The topological polar surface area (TPSA) is 40.6 Å². The number of carbonyl (C=O) groups is 2. The number of halogens is 1. The van der Waals surface area contributed by atoms with Gasteiger partial charge in [-0.15, -0.1) is 0 Å². The van der Waals surface area contributed by atoms with Gasteiger partial charge in [-0.05, 0) is 37.1 Å². The number of aryl methyl sites for hydroxylation is 1. The Labute approximate surface area is 207 Å². The van der Waals surface area contributed by atoms with Gasteiger partial charge in [0.25, 0.3) is 11.8 Å². The number of thioether (sulfide) groups is 1. The molecule has 0 aliphatic carbocycles. The smallest absolute Gasteiger partial charge is 0.267 e. The summed E-state index contributed by atoms with van der Waals surface area (Å²) in [6.07, 6.45) is 4.32. The number of thiocarbonyl (C=S) groups is 1. The van der Waals surface area contributed by atoms with Crippen molar-refractivity contribution in [2.75, 3.05) is 11.4 Å². The van der Waals surface area contributed by atoms with E-state index in [0.29, 0.717) is 27.9 Å². The van der Waals surface area contributed by atoms with Crippen molar-refractivity contribution in [1.82, 2.24) is 4.90 Å². The SMILES string of the molecule is CCCCCCN1C(=O)/C(=C2\SC(=S)N(Cc3ccc(C)cc3)C2=O)c2cc(Br)ccc21. The van der Waals surface area contributed by atoms with Crippen LogP contribution in [0, 0.1) is 6.92 Å². The summed E-state index contributed by atoms with van der Waals surface area (Å²) in [5.41, 5.74) is 4.32. The van der Waals surface area contributed by atoms with Gasteiger partial charge in [0.2, 0.25) is 0 Å². The van der Waals surface area contributed by atoms with Crippen LogP contribution in [-0.2, 0) is 16.1 Å². The van der Waals surface area contributed by atoms with Gasteiger partial charge in [-0.3, -0.25) is 14.5 Å². The number of unbranched alkanes of at least 4 members (excludes halogenated alkanes) is 3. The van der Waals surface area contributed by atoms with Crippen molar-refractivity contribution in [1.29, 1.82) is 0 Å². The quantitative estimate of drug-likeness (QED) is 0.235. The summed E-state index contributed by atoms with van der Waals surface area (Å²) in [4.78, 5) is 30.8. The predicted octanol–water partition coefficient (Wildman–Crippen LogP) is 6.46. The molecule has 2 heterocycles. The van der Waals surface area contributed by atoms with Crippen LogP contribution in [0.25, 0.3) is 5.57 Å². The standard InChI is InChI=1S/C25H25BrN2O2S2/c1-3-4-5-6-13-27-20-12-11-18(26)14-19(20)21(23(27)29)22-24(30)28(25(31)32-22)15-17-9-7-16(2)8-10-17/h7-12,14H,3-6,13,15H2,1-2H3/b22-21-. The number of fused-ring (bicyclic) bond motifs is 1. The summed E-state index contributed by atoms with van der Waals surface area (Å²) in [5.74, 6) is -0.298. The first-order valence-corrected chi connectivity index (χ1v) is 12.9. The maximum absolute atomic E-state index is 13.5.